The fourth-order valence-electron chi connectivity index (χ4n) is 13.1. The number of unbranched alkanes of at least 4 members (excludes halogenated alkanes) is 56. The number of phosphoric ester groups is 2. The summed E-state index contributed by atoms with van der Waals surface area (Å²) in [7, 11) is -9.92. The molecule has 0 saturated heterocycles. The van der Waals surface area contributed by atoms with Crippen LogP contribution in [0.4, 0.5) is 0 Å². The maximum absolute atomic E-state index is 13.1. The van der Waals surface area contributed by atoms with Crippen LogP contribution in [0.3, 0.4) is 0 Å². The normalized spacial score (nSPS) is 13.8. The van der Waals surface area contributed by atoms with Crippen LogP contribution in [0.2, 0.25) is 0 Å². The minimum atomic E-state index is -4.96. The number of phosphoric acid groups is 2. The van der Waals surface area contributed by atoms with E-state index in [2.05, 4.69) is 34.6 Å². The molecule has 0 fully saturated rings. The number of aliphatic hydroxyl groups excluding tert-OH is 1. The van der Waals surface area contributed by atoms with Gasteiger partial charge in [-0.25, -0.2) is 9.13 Å². The number of rotatable bonds is 84. The molecule has 0 spiro atoms. The minimum Gasteiger partial charge on any atom is -0.462 e. The molecule has 0 bridgehead atoms. The molecular formula is C84H164O17P2. The van der Waals surface area contributed by atoms with Crippen molar-refractivity contribution < 1.29 is 80.2 Å². The van der Waals surface area contributed by atoms with Gasteiger partial charge in [0.25, 0.3) is 0 Å². The van der Waals surface area contributed by atoms with Crippen LogP contribution in [-0.4, -0.2) is 96.7 Å². The molecule has 612 valence electrons. The predicted octanol–water partition coefficient (Wildman–Crippen LogP) is 25.6. The number of hydrogen-bond acceptors (Lipinski definition) is 15. The molecule has 2 unspecified atom stereocenters. The molecule has 0 amide bonds. The Labute approximate surface area is 632 Å². The highest BCUT2D eigenvalue weighted by atomic mass is 31.2. The topological polar surface area (TPSA) is 237 Å². The van der Waals surface area contributed by atoms with Crippen LogP contribution in [0.5, 0.6) is 0 Å². The Hall–Kier alpha value is -1.94. The van der Waals surface area contributed by atoms with Crippen molar-refractivity contribution in [3.63, 3.8) is 0 Å². The Morgan fingerprint density at radius 2 is 0.447 bits per heavy atom. The van der Waals surface area contributed by atoms with Gasteiger partial charge in [0.2, 0.25) is 0 Å². The lowest BCUT2D eigenvalue weighted by atomic mass is 10.0. The van der Waals surface area contributed by atoms with Crippen molar-refractivity contribution in [3.05, 3.63) is 0 Å². The molecule has 19 heteroatoms. The minimum absolute atomic E-state index is 0.108. The van der Waals surface area contributed by atoms with Gasteiger partial charge in [0.1, 0.15) is 19.3 Å². The van der Waals surface area contributed by atoms with E-state index >= 15 is 0 Å². The zero-order valence-corrected chi connectivity index (χ0v) is 69.3. The van der Waals surface area contributed by atoms with E-state index in [-0.39, 0.29) is 25.7 Å². The average Bonchev–Trinajstić information content (AvgIpc) is 0.921. The van der Waals surface area contributed by atoms with Crippen molar-refractivity contribution >= 4 is 39.5 Å². The smallest absolute Gasteiger partial charge is 0.462 e. The van der Waals surface area contributed by atoms with E-state index in [0.717, 1.165) is 95.8 Å². The number of ether oxygens (including phenoxy) is 4. The zero-order chi connectivity index (χ0) is 75.5. The number of esters is 4. The summed E-state index contributed by atoms with van der Waals surface area (Å²) in [5.41, 5.74) is 0. The third-order valence-electron chi connectivity index (χ3n) is 19.8. The average molecular weight is 1510 g/mol. The molecular weight excluding hydrogens is 1340 g/mol. The van der Waals surface area contributed by atoms with Gasteiger partial charge < -0.3 is 33.8 Å². The van der Waals surface area contributed by atoms with Crippen LogP contribution >= 0.6 is 15.6 Å². The summed E-state index contributed by atoms with van der Waals surface area (Å²) < 4.78 is 68.9. The van der Waals surface area contributed by atoms with Gasteiger partial charge in [-0.1, -0.05) is 401 Å². The largest absolute Gasteiger partial charge is 0.472 e. The lowest BCUT2D eigenvalue weighted by molar-refractivity contribution is -0.161. The Kier molecular flexibility index (Phi) is 75.4. The molecule has 3 N–H and O–H groups in total. The summed E-state index contributed by atoms with van der Waals surface area (Å²) in [5.74, 6) is -1.31. The Morgan fingerprint density at radius 1 is 0.262 bits per heavy atom. The highest BCUT2D eigenvalue weighted by Crippen LogP contribution is 2.45. The van der Waals surface area contributed by atoms with E-state index in [0.29, 0.717) is 25.7 Å². The van der Waals surface area contributed by atoms with Crippen molar-refractivity contribution in [3.8, 4) is 0 Å². The van der Waals surface area contributed by atoms with Crippen LogP contribution in [-0.2, 0) is 65.4 Å². The fourth-order valence-corrected chi connectivity index (χ4v) is 14.7. The predicted molar refractivity (Wildman–Crippen MR) is 423 cm³/mol. The molecule has 0 aromatic rings. The van der Waals surface area contributed by atoms with E-state index in [1.165, 1.54) is 276 Å². The van der Waals surface area contributed by atoms with Crippen LogP contribution in [0.15, 0.2) is 0 Å². The van der Waals surface area contributed by atoms with Gasteiger partial charge in [0, 0.05) is 25.7 Å². The molecule has 0 heterocycles. The number of carbonyl (C=O) groups is 4. The maximum atomic E-state index is 13.1. The quantitative estimate of drug-likeness (QED) is 0.0222. The van der Waals surface area contributed by atoms with Gasteiger partial charge >= 0.3 is 39.5 Å². The number of aliphatic hydroxyl groups is 1. The molecule has 0 rings (SSSR count). The number of hydrogen-bond donors (Lipinski definition) is 3. The van der Waals surface area contributed by atoms with E-state index in [9.17, 15) is 43.2 Å². The highest BCUT2D eigenvalue weighted by molar-refractivity contribution is 7.47. The van der Waals surface area contributed by atoms with E-state index in [1.54, 1.807) is 0 Å². The van der Waals surface area contributed by atoms with Gasteiger partial charge in [0.15, 0.2) is 12.2 Å². The van der Waals surface area contributed by atoms with Gasteiger partial charge in [-0.05, 0) is 31.6 Å². The van der Waals surface area contributed by atoms with E-state index in [1.807, 2.05) is 0 Å². The van der Waals surface area contributed by atoms with Crippen LogP contribution < -0.4 is 0 Å². The summed E-state index contributed by atoms with van der Waals surface area (Å²) in [5, 5.41) is 10.7. The first kappa shape index (κ1) is 101. The molecule has 103 heavy (non-hydrogen) atoms. The molecule has 0 aromatic heterocycles. The summed E-state index contributed by atoms with van der Waals surface area (Å²) in [6.07, 6.45) is 69.3. The highest BCUT2D eigenvalue weighted by Gasteiger charge is 2.30. The molecule has 0 radical (unpaired) electrons. The second-order valence-electron chi connectivity index (χ2n) is 30.7. The second kappa shape index (κ2) is 76.8. The van der Waals surface area contributed by atoms with E-state index < -0.39 is 97.5 Å². The summed E-state index contributed by atoms with van der Waals surface area (Å²) in [6.45, 7) is 7.37. The molecule has 17 nitrogen and oxygen atoms in total. The SMILES string of the molecule is CCCCCCCCCCCCCCCCCCCCC(=O)OC[C@H](COP(=O)(O)OC[C@@H](O)COP(=O)(O)OC[C@@H](COC(=O)CCCCCCCCCCCCC)OC(=O)CCCCCCCCCCCCCCCC(C)C)OC(=O)CCCCCCCCCCCCCCCCCCCC. The van der Waals surface area contributed by atoms with Crippen LogP contribution in [0.25, 0.3) is 0 Å². The molecule has 0 aliphatic rings. The second-order valence-corrected chi connectivity index (χ2v) is 33.6. The van der Waals surface area contributed by atoms with Crippen LogP contribution in [0.1, 0.15) is 452 Å². The first-order valence-electron chi connectivity index (χ1n) is 43.6. The monoisotopic (exact) mass is 1510 g/mol. The summed E-state index contributed by atoms with van der Waals surface area (Å²) in [6, 6.07) is 0. The van der Waals surface area contributed by atoms with Gasteiger partial charge in [-0.2, -0.15) is 0 Å². The van der Waals surface area contributed by atoms with Crippen LogP contribution in [0, 0.1) is 5.92 Å². The molecule has 0 saturated carbocycles. The molecule has 0 aliphatic heterocycles. The number of carbonyl (C=O) groups excluding carboxylic acids is 4. The van der Waals surface area contributed by atoms with Crippen molar-refractivity contribution in [2.24, 2.45) is 5.92 Å². The third kappa shape index (κ3) is 78.0. The Balaban J connectivity index is 5.25. The first-order chi connectivity index (χ1) is 50.0. The summed E-state index contributed by atoms with van der Waals surface area (Å²) >= 11 is 0. The first-order valence-corrected chi connectivity index (χ1v) is 46.6. The maximum Gasteiger partial charge on any atom is 0.472 e. The van der Waals surface area contributed by atoms with Gasteiger partial charge in [-0.15, -0.1) is 0 Å². The van der Waals surface area contributed by atoms with Crippen molar-refractivity contribution in [1.29, 1.82) is 0 Å². The van der Waals surface area contributed by atoms with Crippen molar-refractivity contribution in [1.82, 2.24) is 0 Å². The Bertz CT molecular complexity index is 1960. The summed E-state index contributed by atoms with van der Waals surface area (Å²) in [4.78, 5) is 73.2. The lowest BCUT2D eigenvalue weighted by Gasteiger charge is -2.21. The van der Waals surface area contributed by atoms with Gasteiger partial charge in [0.05, 0.1) is 26.4 Å². The standard InChI is InChI=1S/C84H164O17P2/c1-6-9-12-15-18-21-24-26-28-30-32-34-38-43-48-53-58-63-68-82(87)95-74-80(101-83(88)69-64-59-54-49-44-39-35-33-31-29-27-25-22-19-16-13-10-7-2)76-99-103(92,93)97-72-78(85)71-96-102(90,91)98-75-79(73-94-81(86)67-62-57-52-47-41-23-20-17-14-11-8-3)100-84(89)70-65-60-55-50-45-40-36-37-42-46-51-56-61-66-77(4)5/h77-80,85H,6-76H2,1-5H3,(H,90,91)(H,92,93)/t78-,79+,80+/m0/s1. The van der Waals surface area contributed by atoms with Crippen molar-refractivity contribution in [2.75, 3.05) is 39.6 Å². The lowest BCUT2D eigenvalue weighted by Crippen LogP contribution is -2.30. The molecule has 5 atom stereocenters. The Morgan fingerprint density at radius 3 is 0.660 bits per heavy atom. The van der Waals surface area contributed by atoms with Crippen molar-refractivity contribution in [2.45, 2.75) is 470 Å². The zero-order valence-electron chi connectivity index (χ0n) is 67.5. The van der Waals surface area contributed by atoms with Gasteiger partial charge in [-0.3, -0.25) is 37.3 Å². The molecule has 0 aromatic carbocycles. The fraction of sp³-hybridized carbons (Fsp3) is 0.952. The van der Waals surface area contributed by atoms with E-state index in [4.69, 9.17) is 37.0 Å². The third-order valence-corrected chi connectivity index (χ3v) is 21.7. The molecule has 0 aliphatic carbocycles.